The third-order valence-electron chi connectivity index (χ3n) is 2.64. The van der Waals surface area contributed by atoms with Crippen LogP contribution >= 0.6 is 0 Å². The van der Waals surface area contributed by atoms with Crippen molar-refractivity contribution in [1.29, 1.82) is 0 Å². The standard InChI is InChI=1S/C15H24N2O2/c1-12(2)11-19-10-6-9-17-15(18)13-7-4-5-8-14(13)16-3/h4-5,7-8,12,16H,6,9-11H2,1-3H3,(H,17,18). The van der Waals surface area contributed by atoms with Crippen molar-refractivity contribution in [1.82, 2.24) is 5.32 Å². The molecule has 0 aromatic heterocycles. The summed E-state index contributed by atoms with van der Waals surface area (Å²) in [5.41, 5.74) is 1.52. The Balaban J connectivity index is 2.28. The van der Waals surface area contributed by atoms with Crippen LogP contribution in [0.2, 0.25) is 0 Å². The average molecular weight is 264 g/mol. The summed E-state index contributed by atoms with van der Waals surface area (Å²) in [6, 6.07) is 7.47. The molecule has 0 aliphatic heterocycles. The highest BCUT2D eigenvalue weighted by Gasteiger charge is 2.08. The van der Waals surface area contributed by atoms with Crippen LogP contribution in [-0.2, 0) is 4.74 Å². The van der Waals surface area contributed by atoms with E-state index in [9.17, 15) is 4.79 Å². The molecule has 0 atom stereocenters. The van der Waals surface area contributed by atoms with Crippen LogP contribution in [0.1, 0.15) is 30.6 Å². The molecular formula is C15H24N2O2. The number of carbonyl (C=O) groups is 1. The molecular weight excluding hydrogens is 240 g/mol. The van der Waals surface area contributed by atoms with E-state index in [0.717, 1.165) is 18.7 Å². The van der Waals surface area contributed by atoms with Crippen LogP contribution in [-0.4, -0.2) is 32.7 Å². The number of nitrogens with one attached hydrogen (secondary N) is 2. The van der Waals surface area contributed by atoms with Crippen molar-refractivity contribution < 1.29 is 9.53 Å². The highest BCUT2D eigenvalue weighted by molar-refractivity contribution is 5.99. The molecule has 0 spiro atoms. The van der Waals surface area contributed by atoms with Gasteiger partial charge in [0, 0.05) is 32.5 Å². The first kappa shape index (κ1) is 15.5. The number of rotatable bonds is 8. The molecule has 0 saturated heterocycles. The van der Waals surface area contributed by atoms with Crippen LogP contribution in [0, 0.1) is 5.92 Å². The Labute approximate surface area is 115 Å². The zero-order chi connectivity index (χ0) is 14.1. The molecule has 0 aliphatic rings. The summed E-state index contributed by atoms with van der Waals surface area (Å²) in [7, 11) is 1.81. The molecule has 1 aromatic carbocycles. The zero-order valence-electron chi connectivity index (χ0n) is 12.0. The summed E-state index contributed by atoms with van der Waals surface area (Å²) < 4.78 is 5.46. The van der Waals surface area contributed by atoms with Crippen molar-refractivity contribution in [3.63, 3.8) is 0 Å². The van der Waals surface area contributed by atoms with E-state index >= 15 is 0 Å². The number of hydrogen-bond donors (Lipinski definition) is 2. The van der Waals surface area contributed by atoms with E-state index in [4.69, 9.17) is 4.74 Å². The van der Waals surface area contributed by atoms with E-state index in [1.54, 1.807) is 0 Å². The maximum Gasteiger partial charge on any atom is 0.253 e. The van der Waals surface area contributed by atoms with Crippen molar-refractivity contribution in [2.75, 3.05) is 32.1 Å². The van der Waals surface area contributed by atoms with Crippen molar-refractivity contribution in [3.8, 4) is 0 Å². The molecule has 0 aliphatic carbocycles. The average Bonchev–Trinajstić information content (AvgIpc) is 2.42. The Kier molecular flexibility index (Phi) is 6.97. The Hall–Kier alpha value is -1.55. The van der Waals surface area contributed by atoms with E-state index in [0.29, 0.717) is 24.6 Å². The highest BCUT2D eigenvalue weighted by Crippen LogP contribution is 2.13. The SMILES string of the molecule is CNc1ccccc1C(=O)NCCCOCC(C)C. The summed E-state index contributed by atoms with van der Waals surface area (Å²) >= 11 is 0. The first-order chi connectivity index (χ1) is 9.15. The van der Waals surface area contributed by atoms with Gasteiger partial charge in [0.05, 0.1) is 5.56 Å². The Bertz CT molecular complexity index is 391. The van der Waals surface area contributed by atoms with Gasteiger partial charge in [0.15, 0.2) is 0 Å². The molecule has 19 heavy (non-hydrogen) atoms. The molecule has 2 N–H and O–H groups in total. The summed E-state index contributed by atoms with van der Waals surface area (Å²) in [4.78, 5) is 12.0. The van der Waals surface area contributed by atoms with Gasteiger partial charge in [0.2, 0.25) is 0 Å². The fourth-order valence-electron chi connectivity index (χ4n) is 1.69. The lowest BCUT2D eigenvalue weighted by molar-refractivity contribution is 0.0925. The van der Waals surface area contributed by atoms with Gasteiger partial charge in [0.25, 0.3) is 5.91 Å². The molecule has 4 nitrogen and oxygen atoms in total. The van der Waals surface area contributed by atoms with Crippen molar-refractivity contribution in [2.45, 2.75) is 20.3 Å². The van der Waals surface area contributed by atoms with Gasteiger partial charge < -0.3 is 15.4 Å². The molecule has 0 unspecified atom stereocenters. The third kappa shape index (κ3) is 5.75. The molecule has 1 aromatic rings. The van der Waals surface area contributed by atoms with Crippen LogP contribution in [0.3, 0.4) is 0 Å². The monoisotopic (exact) mass is 264 g/mol. The number of amides is 1. The van der Waals surface area contributed by atoms with Crippen LogP contribution in [0.25, 0.3) is 0 Å². The minimum atomic E-state index is -0.0474. The van der Waals surface area contributed by atoms with Gasteiger partial charge in [-0.15, -0.1) is 0 Å². The summed E-state index contributed by atoms with van der Waals surface area (Å²) in [6.07, 6.45) is 0.834. The molecule has 1 rings (SSSR count). The topological polar surface area (TPSA) is 50.4 Å². The second kappa shape index (κ2) is 8.53. The zero-order valence-corrected chi connectivity index (χ0v) is 12.0. The number of ether oxygens (including phenoxy) is 1. The van der Waals surface area contributed by atoms with E-state index in [-0.39, 0.29) is 5.91 Å². The smallest absolute Gasteiger partial charge is 0.253 e. The Morgan fingerprint density at radius 1 is 1.32 bits per heavy atom. The van der Waals surface area contributed by atoms with E-state index in [1.165, 1.54) is 0 Å². The van der Waals surface area contributed by atoms with Gasteiger partial charge in [-0.05, 0) is 24.5 Å². The molecule has 0 bridgehead atoms. The lowest BCUT2D eigenvalue weighted by Crippen LogP contribution is -2.26. The maximum atomic E-state index is 12.0. The van der Waals surface area contributed by atoms with Crippen LogP contribution in [0.5, 0.6) is 0 Å². The van der Waals surface area contributed by atoms with Crippen LogP contribution in [0.15, 0.2) is 24.3 Å². The number of carbonyl (C=O) groups excluding carboxylic acids is 1. The second-order valence-electron chi connectivity index (χ2n) is 4.87. The minimum Gasteiger partial charge on any atom is -0.387 e. The summed E-state index contributed by atoms with van der Waals surface area (Å²) in [5, 5.41) is 5.92. The molecule has 4 heteroatoms. The van der Waals surface area contributed by atoms with Gasteiger partial charge in [-0.3, -0.25) is 4.79 Å². The normalized spacial score (nSPS) is 10.5. The van der Waals surface area contributed by atoms with E-state index in [1.807, 2.05) is 31.3 Å². The minimum absolute atomic E-state index is 0.0474. The summed E-state index contributed by atoms with van der Waals surface area (Å²) in [6.45, 7) is 6.34. The van der Waals surface area contributed by atoms with Crippen molar-refractivity contribution >= 4 is 11.6 Å². The lowest BCUT2D eigenvalue weighted by Gasteiger charge is -2.10. The Morgan fingerprint density at radius 2 is 2.05 bits per heavy atom. The number of anilines is 1. The van der Waals surface area contributed by atoms with Gasteiger partial charge in [-0.25, -0.2) is 0 Å². The van der Waals surface area contributed by atoms with Gasteiger partial charge in [-0.2, -0.15) is 0 Å². The molecule has 0 heterocycles. The fourth-order valence-corrected chi connectivity index (χ4v) is 1.69. The lowest BCUT2D eigenvalue weighted by atomic mass is 10.1. The van der Waals surface area contributed by atoms with Crippen molar-refractivity contribution in [3.05, 3.63) is 29.8 Å². The largest absolute Gasteiger partial charge is 0.387 e. The summed E-state index contributed by atoms with van der Waals surface area (Å²) in [5.74, 6) is 0.505. The first-order valence-corrected chi connectivity index (χ1v) is 6.78. The van der Waals surface area contributed by atoms with Gasteiger partial charge >= 0.3 is 0 Å². The van der Waals surface area contributed by atoms with Crippen LogP contribution in [0.4, 0.5) is 5.69 Å². The van der Waals surface area contributed by atoms with Gasteiger partial charge in [-0.1, -0.05) is 26.0 Å². The number of benzene rings is 1. The second-order valence-corrected chi connectivity index (χ2v) is 4.87. The predicted octanol–water partition coefficient (Wildman–Crippen LogP) is 2.52. The molecule has 0 fully saturated rings. The fraction of sp³-hybridized carbons (Fsp3) is 0.533. The first-order valence-electron chi connectivity index (χ1n) is 6.78. The third-order valence-corrected chi connectivity index (χ3v) is 2.64. The maximum absolute atomic E-state index is 12.0. The predicted molar refractivity (Wildman–Crippen MR) is 78.6 cm³/mol. The molecule has 106 valence electrons. The molecule has 0 saturated carbocycles. The van der Waals surface area contributed by atoms with E-state index < -0.39 is 0 Å². The van der Waals surface area contributed by atoms with Crippen LogP contribution < -0.4 is 10.6 Å². The van der Waals surface area contributed by atoms with Gasteiger partial charge in [0.1, 0.15) is 0 Å². The number of para-hydroxylation sites is 1. The molecule has 0 radical (unpaired) electrons. The Morgan fingerprint density at radius 3 is 2.74 bits per heavy atom. The quantitative estimate of drug-likeness (QED) is 0.709. The number of hydrogen-bond acceptors (Lipinski definition) is 3. The highest BCUT2D eigenvalue weighted by atomic mass is 16.5. The van der Waals surface area contributed by atoms with E-state index in [2.05, 4.69) is 24.5 Å². The van der Waals surface area contributed by atoms with Crippen molar-refractivity contribution in [2.24, 2.45) is 5.92 Å². The molecule has 1 amide bonds.